The second-order valence-electron chi connectivity index (χ2n) is 6.01. The van der Waals surface area contributed by atoms with Crippen LogP contribution in [-0.4, -0.2) is 40.1 Å². The fraction of sp³-hybridized carbons (Fsp3) is 0.353. The minimum Gasteiger partial charge on any atom is -0.352 e. The van der Waals surface area contributed by atoms with Crippen LogP contribution in [-0.2, 0) is 11.3 Å². The quantitative estimate of drug-likeness (QED) is 0.788. The molecule has 0 saturated carbocycles. The van der Waals surface area contributed by atoms with Gasteiger partial charge in [-0.25, -0.2) is 9.18 Å². The first-order chi connectivity index (χ1) is 12.0. The van der Waals surface area contributed by atoms with Gasteiger partial charge in [-0.2, -0.15) is 5.10 Å². The van der Waals surface area contributed by atoms with Gasteiger partial charge in [-0.1, -0.05) is 12.1 Å². The summed E-state index contributed by atoms with van der Waals surface area (Å²) < 4.78 is 13.2. The van der Waals surface area contributed by atoms with Crippen LogP contribution in [0.3, 0.4) is 0 Å². The first-order valence-corrected chi connectivity index (χ1v) is 8.05. The van der Waals surface area contributed by atoms with Crippen molar-refractivity contribution in [2.45, 2.75) is 26.4 Å². The number of hydrogen-bond acceptors (Lipinski definition) is 3. The lowest BCUT2D eigenvalue weighted by atomic mass is 10.0. The van der Waals surface area contributed by atoms with E-state index < -0.39 is 6.04 Å². The predicted octanol–water partition coefficient (Wildman–Crippen LogP) is 1.55. The molecule has 25 heavy (non-hydrogen) atoms. The fourth-order valence-corrected chi connectivity index (χ4v) is 2.96. The van der Waals surface area contributed by atoms with Crippen molar-refractivity contribution in [3.05, 3.63) is 52.6 Å². The van der Waals surface area contributed by atoms with E-state index in [4.69, 9.17) is 0 Å². The second-order valence-corrected chi connectivity index (χ2v) is 6.01. The Hall–Kier alpha value is -2.90. The van der Waals surface area contributed by atoms with Gasteiger partial charge in [0.2, 0.25) is 5.91 Å². The highest BCUT2D eigenvalue weighted by atomic mass is 19.1. The number of nitrogens with one attached hydrogen (secondary N) is 3. The SMILES string of the molecule is Cc1n[nH]c(C)c1CNC(=O)N1CCNC(=O)[C@@H]1c1ccc(F)cc1. The van der Waals surface area contributed by atoms with E-state index in [1.807, 2.05) is 13.8 Å². The number of piperazine rings is 1. The largest absolute Gasteiger partial charge is 0.352 e. The van der Waals surface area contributed by atoms with Crippen molar-refractivity contribution < 1.29 is 14.0 Å². The van der Waals surface area contributed by atoms with Crippen LogP contribution >= 0.6 is 0 Å². The average Bonchev–Trinajstić information content (AvgIpc) is 2.92. The highest BCUT2D eigenvalue weighted by Gasteiger charge is 2.34. The molecule has 3 N–H and O–H groups in total. The number of hydrogen-bond donors (Lipinski definition) is 3. The average molecular weight is 345 g/mol. The minimum atomic E-state index is -0.777. The van der Waals surface area contributed by atoms with Crippen LogP contribution in [0.2, 0.25) is 0 Å². The fourth-order valence-electron chi connectivity index (χ4n) is 2.96. The van der Waals surface area contributed by atoms with Crippen LogP contribution in [0.1, 0.15) is 28.6 Å². The molecule has 1 aliphatic rings. The van der Waals surface area contributed by atoms with Crippen molar-refractivity contribution in [1.82, 2.24) is 25.7 Å². The van der Waals surface area contributed by atoms with Crippen molar-refractivity contribution >= 4 is 11.9 Å². The van der Waals surface area contributed by atoms with Crippen molar-refractivity contribution in [1.29, 1.82) is 0 Å². The van der Waals surface area contributed by atoms with Crippen LogP contribution in [0.25, 0.3) is 0 Å². The highest BCUT2D eigenvalue weighted by molar-refractivity contribution is 5.89. The molecule has 0 bridgehead atoms. The second kappa shape index (κ2) is 6.92. The summed E-state index contributed by atoms with van der Waals surface area (Å²) in [6.45, 7) is 4.83. The summed E-state index contributed by atoms with van der Waals surface area (Å²) in [7, 11) is 0. The number of carbonyl (C=O) groups is 2. The summed E-state index contributed by atoms with van der Waals surface area (Å²) >= 11 is 0. The zero-order valence-corrected chi connectivity index (χ0v) is 14.1. The van der Waals surface area contributed by atoms with Crippen LogP contribution in [0.5, 0.6) is 0 Å². The lowest BCUT2D eigenvalue weighted by Gasteiger charge is -2.35. The van der Waals surface area contributed by atoms with Gasteiger partial charge >= 0.3 is 6.03 Å². The number of nitrogens with zero attached hydrogens (tertiary/aromatic N) is 2. The van der Waals surface area contributed by atoms with E-state index in [1.165, 1.54) is 29.2 Å². The smallest absolute Gasteiger partial charge is 0.318 e. The number of amides is 3. The van der Waals surface area contributed by atoms with Gasteiger partial charge in [-0.15, -0.1) is 0 Å². The number of aryl methyl sites for hydroxylation is 2. The maximum Gasteiger partial charge on any atom is 0.318 e. The molecule has 2 heterocycles. The molecule has 0 spiro atoms. The summed E-state index contributed by atoms with van der Waals surface area (Å²) in [5.41, 5.74) is 3.21. The van der Waals surface area contributed by atoms with E-state index in [1.54, 1.807) is 0 Å². The van der Waals surface area contributed by atoms with Gasteiger partial charge in [0.05, 0.1) is 5.69 Å². The number of benzene rings is 1. The minimum absolute atomic E-state index is 0.274. The van der Waals surface area contributed by atoms with E-state index >= 15 is 0 Å². The number of rotatable bonds is 3. The Labute approximate surface area is 144 Å². The number of aromatic nitrogens is 2. The molecule has 3 rings (SSSR count). The van der Waals surface area contributed by atoms with Gasteiger partial charge in [0, 0.05) is 30.9 Å². The third-order valence-electron chi connectivity index (χ3n) is 4.36. The molecule has 0 aliphatic carbocycles. The van der Waals surface area contributed by atoms with Gasteiger partial charge in [0.25, 0.3) is 0 Å². The van der Waals surface area contributed by atoms with E-state index in [0.29, 0.717) is 25.2 Å². The summed E-state index contributed by atoms with van der Waals surface area (Å²) in [6.07, 6.45) is 0. The van der Waals surface area contributed by atoms with E-state index in [2.05, 4.69) is 20.8 Å². The maximum absolute atomic E-state index is 13.2. The summed E-state index contributed by atoms with van der Waals surface area (Å²) in [5.74, 6) is -0.662. The van der Waals surface area contributed by atoms with Gasteiger partial charge in [0.15, 0.2) is 0 Å². The third kappa shape index (κ3) is 3.47. The summed E-state index contributed by atoms with van der Waals surface area (Å²) in [5, 5.41) is 12.6. The lowest BCUT2D eigenvalue weighted by Crippen LogP contribution is -2.54. The third-order valence-corrected chi connectivity index (χ3v) is 4.36. The standard InChI is InChI=1S/C17H20FN5O2/c1-10-14(11(2)22-21-10)9-20-17(25)23-8-7-19-16(24)15(23)12-3-5-13(18)6-4-12/h3-6,15H,7-9H2,1-2H3,(H,19,24)(H,20,25)(H,21,22)/t15-/m0/s1. The number of H-pyrrole nitrogens is 1. The molecular weight excluding hydrogens is 325 g/mol. The van der Waals surface area contributed by atoms with Crippen molar-refractivity contribution in [2.24, 2.45) is 0 Å². The van der Waals surface area contributed by atoms with Crippen LogP contribution in [0.4, 0.5) is 9.18 Å². The van der Waals surface area contributed by atoms with Crippen LogP contribution in [0.15, 0.2) is 24.3 Å². The lowest BCUT2D eigenvalue weighted by molar-refractivity contribution is -0.127. The highest BCUT2D eigenvalue weighted by Crippen LogP contribution is 2.23. The summed E-state index contributed by atoms with van der Waals surface area (Å²) in [4.78, 5) is 26.4. The van der Waals surface area contributed by atoms with Gasteiger partial charge in [-0.05, 0) is 31.5 Å². The molecule has 8 heteroatoms. The molecule has 3 amide bonds. The topological polar surface area (TPSA) is 90.1 Å². The molecule has 2 aromatic rings. The van der Waals surface area contributed by atoms with Crippen LogP contribution < -0.4 is 10.6 Å². The normalized spacial score (nSPS) is 17.3. The maximum atomic E-state index is 13.2. The Morgan fingerprint density at radius 1 is 1.36 bits per heavy atom. The van der Waals surface area contributed by atoms with Gasteiger partial charge in [-0.3, -0.25) is 9.89 Å². The Kier molecular flexibility index (Phi) is 4.69. The number of halogens is 1. The molecule has 1 atom stereocenters. The first-order valence-electron chi connectivity index (χ1n) is 8.05. The Morgan fingerprint density at radius 3 is 2.72 bits per heavy atom. The molecule has 1 aliphatic heterocycles. The Morgan fingerprint density at radius 2 is 2.08 bits per heavy atom. The van der Waals surface area contributed by atoms with E-state index in [-0.39, 0.29) is 17.8 Å². The Bertz CT molecular complexity index is 767. The number of carbonyl (C=O) groups excluding carboxylic acids is 2. The Balaban J connectivity index is 1.76. The van der Waals surface area contributed by atoms with E-state index in [9.17, 15) is 14.0 Å². The molecule has 1 fully saturated rings. The van der Waals surface area contributed by atoms with Crippen molar-refractivity contribution in [3.8, 4) is 0 Å². The van der Waals surface area contributed by atoms with Crippen molar-refractivity contribution in [2.75, 3.05) is 13.1 Å². The zero-order valence-electron chi connectivity index (χ0n) is 14.1. The van der Waals surface area contributed by atoms with Crippen LogP contribution in [0, 0.1) is 19.7 Å². The molecule has 1 aromatic carbocycles. The van der Waals surface area contributed by atoms with Gasteiger partial charge < -0.3 is 15.5 Å². The number of urea groups is 1. The molecule has 0 unspecified atom stereocenters. The number of aromatic amines is 1. The molecule has 1 saturated heterocycles. The molecule has 132 valence electrons. The van der Waals surface area contributed by atoms with Gasteiger partial charge in [0.1, 0.15) is 11.9 Å². The molecule has 7 nitrogen and oxygen atoms in total. The van der Waals surface area contributed by atoms with Crippen molar-refractivity contribution in [3.63, 3.8) is 0 Å². The summed E-state index contributed by atoms with van der Waals surface area (Å²) in [6, 6.07) is 4.49. The van der Waals surface area contributed by atoms with E-state index in [0.717, 1.165) is 17.0 Å². The monoisotopic (exact) mass is 345 g/mol. The predicted molar refractivity (Wildman–Crippen MR) is 89.2 cm³/mol. The molecular formula is C17H20FN5O2. The first kappa shape index (κ1) is 16.9. The molecule has 1 aromatic heterocycles. The zero-order chi connectivity index (χ0) is 18.0. The molecule has 0 radical (unpaired) electrons.